The van der Waals surface area contributed by atoms with Gasteiger partial charge in [-0.05, 0) is 41.0 Å². The van der Waals surface area contributed by atoms with E-state index in [9.17, 15) is 4.79 Å². The van der Waals surface area contributed by atoms with E-state index < -0.39 is 30.2 Å². The summed E-state index contributed by atoms with van der Waals surface area (Å²) < 4.78 is 32.4. The van der Waals surface area contributed by atoms with E-state index in [-0.39, 0.29) is 17.0 Å². The van der Waals surface area contributed by atoms with Gasteiger partial charge in [-0.2, -0.15) is 0 Å². The Morgan fingerprint density at radius 2 is 1.57 bits per heavy atom. The molecule has 0 unspecified atom stereocenters. The third kappa shape index (κ3) is 5.39. The monoisotopic (exact) mass is 613 g/mol. The zero-order valence-corrected chi connectivity index (χ0v) is 25.1. The Morgan fingerprint density at radius 3 is 2.14 bits per heavy atom. The predicted molar refractivity (Wildman–Crippen MR) is 165 cm³/mol. The summed E-state index contributed by atoms with van der Waals surface area (Å²) in [6, 6.07) is 25.1. The molecule has 3 heterocycles. The van der Waals surface area contributed by atoms with Crippen molar-refractivity contribution in [2.75, 3.05) is 20.0 Å². The van der Waals surface area contributed by atoms with Crippen LogP contribution in [0.5, 0.6) is 11.5 Å². The Morgan fingerprint density at radius 1 is 0.977 bits per heavy atom. The normalized spacial score (nSPS) is 18.3. The summed E-state index contributed by atoms with van der Waals surface area (Å²) in [6.45, 7) is 1.36. The molecule has 0 radical (unpaired) electrons. The minimum absolute atomic E-state index is 0.147. The van der Waals surface area contributed by atoms with E-state index in [0.29, 0.717) is 22.7 Å². The van der Waals surface area contributed by atoms with E-state index in [1.807, 2.05) is 78.9 Å². The van der Waals surface area contributed by atoms with Gasteiger partial charge >= 0.3 is 5.97 Å². The summed E-state index contributed by atoms with van der Waals surface area (Å²) in [5.41, 5.74) is 8.21. The topological polar surface area (TPSA) is 136 Å². The summed E-state index contributed by atoms with van der Waals surface area (Å²) in [4.78, 5) is 23.9. The number of nitrogens with one attached hydrogen (secondary N) is 1. The molecule has 3 N–H and O–H groups in total. The average molecular weight is 614 g/mol. The zero-order valence-electron chi connectivity index (χ0n) is 24.3. The lowest BCUT2D eigenvalue weighted by molar-refractivity contribution is -0.222. The molecule has 3 atom stereocenters. The molecule has 1 aliphatic heterocycles. The van der Waals surface area contributed by atoms with E-state index in [1.165, 1.54) is 6.92 Å². The highest BCUT2D eigenvalue weighted by Crippen LogP contribution is 2.46. The standard InChI is InChI=1S/C32H31N5O6S/c1-19(38)41-25-17-26(37-18-34-27-28(37)35-31(33)36-29(27)44)42-30(25)43-32(20-7-5-4-6-8-20,21-9-13-23(39-2)14-10-21)22-11-15-24(40-3)16-12-22/h4-16,18,25-26,30H,17H2,1-3H3,(H3,33,35,36,44)/t25-,26+,30+/m0/s1. The number of rotatable bonds is 9. The van der Waals surface area contributed by atoms with Gasteiger partial charge in [-0.25, -0.2) is 9.97 Å². The number of nitrogen functional groups attached to an aromatic ring is 1. The van der Waals surface area contributed by atoms with Gasteiger partial charge in [0, 0.05) is 13.3 Å². The Labute approximate surface area is 258 Å². The number of methoxy groups -OCH3 is 2. The van der Waals surface area contributed by atoms with Gasteiger partial charge in [0.2, 0.25) is 0 Å². The van der Waals surface area contributed by atoms with Crippen molar-refractivity contribution in [2.24, 2.45) is 0 Å². The van der Waals surface area contributed by atoms with Gasteiger partial charge in [-0.15, -0.1) is 0 Å². The van der Waals surface area contributed by atoms with E-state index in [1.54, 1.807) is 25.1 Å². The van der Waals surface area contributed by atoms with Crippen molar-refractivity contribution in [2.45, 2.75) is 37.6 Å². The second-order valence-corrected chi connectivity index (χ2v) is 10.6. The molecule has 1 saturated heterocycles. The number of H-pyrrole nitrogens is 1. The molecule has 0 aliphatic carbocycles. The number of carbonyl (C=O) groups excluding carboxylic acids is 1. The van der Waals surface area contributed by atoms with Crippen LogP contribution in [0.3, 0.4) is 0 Å². The van der Waals surface area contributed by atoms with Crippen LogP contribution in [0.2, 0.25) is 0 Å². The number of fused-ring (bicyclic) bond motifs is 1. The van der Waals surface area contributed by atoms with Gasteiger partial charge in [0.05, 0.1) is 20.5 Å². The number of aromatic nitrogens is 4. The molecule has 0 bridgehead atoms. The summed E-state index contributed by atoms with van der Waals surface area (Å²) in [5.74, 6) is 1.07. The molecule has 1 aliphatic rings. The minimum Gasteiger partial charge on any atom is -0.497 e. The number of nitrogens with zero attached hydrogens (tertiary/aromatic N) is 3. The van der Waals surface area contributed by atoms with E-state index >= 15 is 0 Å². The molecule has 0 saturated carbocycles. The van der Waals surface area contributed by atoms with Crippen molar-refractivity contribution in [3.8, 4) is 11.5 Å². The average Bonchev–Trinajstić information content (AvgIpc) is 3.64. The maximum absolute atomic E-state index is 12.3. The third-order valence-electron chi connectivity index (χ3n) is 7.59. The highest BCUT2D eigenvalue weighted by Gasteiger charge is 2.48. The van der Waals surface area contributed by atoms with Crippen molar-refractivity contribution in [3.05, 3.63) is 107 Å². The first-order chi connectivity index (χ1) is 21.3. The third-order valence-corrected chi connectivity index (χ3v) is 7.87. The van der Waals surface area contributed by atoms with Crippen molar-refractivity contribution < 1.29 is 28.5 Å². The molecule has 5 aromatic rings. The van der Waals surface area contributed by atoms with Crippen LogP contribution in [0.15, 0.2) is 85.2 Å². The predicted octanol–water partition coefficient (Wildman–Crippen LogP) is 5.27. The van der Waals surface area contributed by atoms with Gasteiger partial charge in [0.1, 0.15) is 34.5 Å². The van der Waals surface area contributed by atoms with E-state index in [0.717, 1.165) is 16.7 Å². The fraction of sp³-hybridized carbons (Fsp3) is 0.250. The second-order valence-electron chi connectivity index (χ2n) is 10.2. The number of nitrogens with two attached hydrogens (primary N) is 1. The Kier molecular flexibility index (Phi) is 8.04. The van der Waals surface area contributed by atoms with Crippen LogP contribution in [-0.4, -0.2) is 52.1 Å². The summed E-state index contributed by atoms with van der Waals surface area (Å²) >= 11 is 5.36. The Balaban J connectivity index is 1.50. The molecule has 11 nitrogen and oxygen atoms in total. The molecule has 0 spiro atoms. The fourth-order valence-corrected chi connectivity index (χ4v) is 5.83. The summed E-state index contributed by atoms with van der Waals surface area (Å²) in [5, 5.41) is 0. The first kappa shape index (κ1) is 29.3. The van der Waals surface area contributed by atoms with Crippen LogP contribution >= 0.6 is 12.2 Å². The highest BCUT2D eigenvalue weighted by molar-refractivity contribution is 7.71. The van der Waals surface area contributed by atoms with E-state index in [4.69, 9.17) is 41.6 Å². The van der Waals surface area contributed by atoms with Crippen LogP contribution < -0.4 is 15.2 Å². The van der Waals surface area contributed by atoms with Crippen molar-refractivity contribution in [1.29, 1.82) is 0 Å². The number of carbonyl (C=O) groups is 1. The number of hydrogen-bond donors (Lipinski definition) is 2. The number of hydrogen-bond acceptors (Lipinski definition) is 10. The van der Waals surface area contributed by atoms with Crippen LogP contribution in [0.25, 0.3) is 11.2 Å². The van der Waals surface area contributed by atoms with Crippen molar-refractivity contribution >= 4 is 35.3 Å². The smallest absolute Gasteiger partial charge is 0.303 e. The molecular weight excluding hydrogens is 582 g/mol. The maximum Gasteiger partial charge on any atom is 0.303 e. The number of esters is 1. The van der Waals surface area contributed by atoms with Crippen molar-refractivity contribution in [3.63, 3.8) is 0 Å². The van der Waals surface area contributed by atoms with Crippen molar-refractivity contribution in [1.82, 2.24) is 19.5 Å². The molecule has 2 aromatic heterocycles. The summed E-state index contributed by atoms with van der Waals surface area (Å²) in [7, 11) is 3.23. The molecule has 12 heteroatoms. The van der Waals surface area contributed by atoms with Crippen LogP contribution in [-0.2, 0) is 24.6 Å². The first-order valence-corrected chi connectivity index (χ1v) is 14.3. The number of anilines is 1. The zero-order chi connectivity index (χ0) is 30.8. The molecule has 44 heavy (non-hydrogen) atoms. The highest BCUT2D eigenvalue weighted by atomic mass is 32.1. The van der Waals surface area contributed by atoms with E-state index in [2.05, 4.69) is 15.0 Å². The Hall–Kier alpha value is -4.78. The van der Waals surface area contributed by atoms with Gasteiger partial charge in [-0.1, -0.05) is 66.8 Å². The van der Waals surface area contributed by atoms with Gasteiger partial charge in [-0.3, -0.25) is 9.36 Å². The molecule has 3 aromatic carbocycles. The summed E-state index contributed by atoms with van der Waals surface area (Å²) in [6.07, 6.45) is -0.547. The van der Waals surface area contributed by atoms with Crippen LogP contribution in [0.1, 0.15) is 36.3 Å². The molecule has 226 valence electrons. The largest absolute Gasteiger partial charge is 0.497 e. The first-order valence-electron chi connectivity index (χ1n) is 13.9. The molecule has 0 amide bonds. The lowest BCUT2D eigenvalue weighted by Gasteiger charge is -2.38. The SMILES string of the molecule is COc1ccc(C(O[C@H]2O[C@@H](n3cnc4c(=S)nc(N)[nH]c43)C[C@@H]2OC(C)=O)(c2ccccc2)c2ccc(OC)cc2)cc1. The van der Waals surface area contributed by atoms with Crippen LogP contribution in [0.4, 0.5) is 5.95 Å². The minimum atomic E-state index is -1.21. The lowest BCUT2D eigenvalue weighted by atomic mass is 9.80. The van der Waals surface area contributed by atoms with Gasteiger partial charge in [0.15, 0.2) is 23.0 Å². The number of ether oxygens (including phenoxy) is 5. The molecule has 6 rings (SSSR count). The molecule has 1 fully saturated rings. The Bertz CT molecular complexity index is 1780. The maximum atomic E-state index is 12.3. The second kappa shape index (κ2) is 12.1. The molecular formula is C32H31N5O6S. The lowest BCUT2D eigenvalue weighted by Crippen LogP contribution is -2.41. The number of benzene rings is 3. The number of imidazole rings is 1. The quantitative estimate of drug-likeness (QED) is 0.129. The van der Waals surface area contributed by atoms with Gasteiger partial charge in [0.25, 0.3) is 0 Å². The number of aromatic amines is 1. The van der Waals surface area contributed by atoms with Crippen LogP contribution in [0, 0.1) is 4.64 Å². The van der Waals surface area contributed by atoms with Gasteiger partial charge < -0.3 is 34.4 Å². The fourth-order valence-electron chi connectivity index (χ4n) is 5.58.